The number of piperidine rings is 1. The van der Waals surface area contributed by atoms with Crippen LogP contribution >= 0.6 is 0 Å². The third-order valence-electron chi connectivity index (χ3n) is 5.27. The van der Waals surface area contributed by atoms with Crippen LogP contribution in [0.2, 0.25) is 0 Å². The van der Waals surface area contributed by atoms with Crippen LogP contribution in [0.3, 0.4) is 0 Å². The lowest BCUT2D eigenvalue weighted by molar-refractivity contribution is -0.177. The second-order valence-electron chi connectivity index (χ2n) is 6.84. The van der Waals surface area contributed by atoms with E-state index in [1.165, 1.54) is 0 Å². The van der Waals surface area contributed by atoms with Crippen LogP contribution in [0.5, 0.6) is 0 Å². The number of nitrogens with zero attached hydrogens (tertiary/aromatic N) is 4. The number of ether oxygens (including phenoxy) is 1. The summed E-state index contributed by atoms with van der Waals surface area (Å²) in [5.74, 6) is 0. The maximum absolute atomic E-state index is 10.3. The zero-order chi connectivity index (χ0) is 16.4. The zero-order valence-corrected chi connectivity index (χ0v) is 13.8. The van der Waals surface area contributed by atoms with Gasteiger partial charge >= 0.3 is 0 Å². The summed E-state index contributed by atoms with van der Waals surface area (Å²) >= 11 is 0. The highest BCUT2D eigenvalue weighted by atomic mass is 16.5. The first kappa shape index (κ1) is 15.7. The summed E-state index contributed by atoms with van der Waals surface area (Å²) in [5.41, 5.74) is 1.68. The van der Waals surface area contributed by atoms with Crippen molar-refractivity contribution in [1.82, 2.24) is 19.9 Å². The Labute approximate surface area is 142 Å². The number of likely N-dealkylation sites (tertiary alicyclic amines) is 1. The Kier molecular flexibility index (Phi) is 4.35. The van der Waals surface area contributed by atoms with Crippen molar-refractivity contribution in [3.8, 4) is 5.69 Å². The fourth-order valence-corrected chi connectivity index (χ4v) is 3.79. The van der Waals surface area contributed by atoms with E-state index in [1.807, 2.05) is 41.2 Å². The molecule has 6 nitrogen and oxygen atoms in total. The van der Waals surface area contributed by atoms with E-state index in [-0.39, 0.29) is 11.7 Å². The molecule has 128 valence electrons. The minimum absolute atomic E-state index is 0.309. The summed E-state index contributed by atoms with van der Waals surface area (Å²) in [5, 5.41) is 18.8. The van der Waals surface area contributed by atoms with E-state index >= 15 is 0 Å². The summed E-state index contributed by atoms with van der Waals surface area (Å²) in [6.45, 7) is 3.42. The van der Waals surface area contributed by atoms with E-state index in [2.05, 4.69) is 15.2 Å². The molecule has 3 heterocycles. The Morgan fingerprint density at radius 3 is 2.75 bits per heavy atom. The molecule has 1 atom stereocenters. The first-order chi connectivity index (χ1) is 11.8. The van der Waals surface area contributed by atoms with Crippen LogP contribution in [0, 0.1) is 0 Å². The number of aliphatic hydroxyl groups is 1. The van der Waals surface area contributed by atoms with Crippen molar-refractivity contribution in [3.63, 3.8) is 0 Å². The fourth-order valence-electron chi connectivity index (χ4n) is 3.79. The van der Waals surface area contributed by atoms with Crippen LogP contribution in [-0.4, -0.2) is 56.4 Å². The summed E-state index contributed by atoms with van der Waals surface area (Å²) < 4.78 is 7.78. The smallest absolute Gasteiger partial charge is 0.0971 e. The molecule has 0 aliphatic carbocycles. The van der Waals surface area contributed by atoms with Crippen molar-refractivity contribution >= 4 is 0 Å². The van der Waals surface area contributed by atoms with Crippen molar-refractivity contribution in [3.05, 3.63) is 42.2 Å². The Bertz CT molecular complexity index is 665. The van der Waals surface area contributed by atoms with Crippen LogP contribution in [-0.2, 0) is 11.3 Å². The normalized spacial score (nSPS) is 24.3. The monoisotopic (exact) mass is 328 g/mol. The van der Waals surface area contributed by atoms with Gasteiger partial charge in [-0.2, -0.15) is 0 Å². The SMILES string of the molecule is OC1CCCOC12CCN(Cc1cn(-c3ccccc3)nn1)CC2. The van der Waals surface area contributed by atoms with Gasteiger partial charge in [0.2, 0.25) is 0 Å². The van der Waals surface area contributed by atoms with Gasteiger partial charge in [-0.05, 0) is 37.8 Å². The van der Waals surface area contributed by atoms with Gasteiger partial charge in [-0.15, -0.1) is 5.10 Å². The largest absolute Gasteiger partial charge is 0.390 e. The standard InChI is InChI=1S/C18H24N4O2/c23-17-7-4-12-24-18(17)8-10-21(11-9-18)13-15-14-22(20-19-15)16-5-2-1-3-6-16/h1-3,5-6,14,17,23H,4,7-13H2. The number of para-hydroxylation sites is 1. The molecule has 0 amide bonds. The molecule has 1 N–H and O–H groups in total. The van der Waals surface area contributed by atoms with Crippen molar-refractivity contribution in [2.24, 2.45) is 0 Å². The third kappa shape index (κ3) is 3.09. The molecule has 2 aliphatic heterocycles. The summed E-state index contributed by atoms with van der Waals surface area (Å²) in [4.78, 5) is 2.37. The molecule has 0 bridgehead atoms. The maximum Gasteiger partial charge on any atom is 0.0971 e. The summed E-state index contributed by atoms with van der Waals surface area (Å²) in [7, 11) is 0. The molecule has 0 saturated carbocycles. The van der Waals surface area contributed by atoms with Gasteiger partial charge in [-0.25, -0.2) is 4.68 Å². The molecule has 4 rings (SSSR count). The number of benzene rings is 1. The average molecular weight is 328 g/mol. The van der Waals surface area contributed by atoms with Gasteiger partial charge in [0.05, 0.1) is 29.3 Å². The van der Waals surface area contributed by atoms with Gasteiger partial charge in [0.1, 0.15) is 0 Å². The predicted molar refractivity (Wildman–Crippen MR) is 89.8 cm³/mol. The molecule has 2 aromatic rings. The Balaban J connectivity index is 1.37. The van der Waals surface area contributed by atoms with Crippen LogP contribution in [0.15, 0.2) is 36.5 Å². The minimum Gasteiger partial charge on any atom is -0.390 e. The van der Waals surface area contributed by atoms with E-state index in [1.54, 1.807) is 0 Å². The molecular formula is C18H24N4O2. The van der Waals surface area contributed by atoms with Gasteiger partial charge in [0, 0.05) is 26.2 Å². The molecule has 1 spiro atoms. The topological polar surface area (TPSA) is 63.4 Å². The minimum atomic E-state index is -0.313. The molecule has 2 aliphatic rings. The molecule has 2 saturated heterocycles. The highest BCUT2D eigenvalue weighted by Gasteiger charge is 2.43. The van der Waals surface area contributed by atoms with Crippen molar-refractivity contribution in [2.75, 3.05) is 19.7 Å². The maximum atomic E-state index is 10.3. The van der Waals surface area contributed by atoms with E-state index in [4.69, 9.17) is 4.74 Å². The van der Waals surface area contributed by atoms with Crippen molar-refractivity contribution in [2.45, 2.75) is 43.9 Å². The van der Waals surface area contributed by atoms with Crippen LogP contribution < -0.4 is 0 Å². The molecule has 1 aromatic carbocycles. The van der Waals surface area contributed by atoms with E-state index in [0.29, 0.717) is 0 Å². The molecule has 0 radical (unpaired) electrons. The van der Waals surface area contributed by atoms with E-state index in [9.17, 15) is 5.11 Å². The molecule has 1 unspecified atom stereocenters. The number of rotatable bonds is 3. The lowest BCUT2D eigenvalue weighted by atomic mass is 9.82. The Hall–Kier alpha value is -1.76. The summed E-state index contributed by atoms with van der Waals surface area (Å²) in [6.07, 6.45) is 5.29. The number of aromatic nitrogens is 3. The van der Waals surface area contributed by atoms with Gasteiger partial charge in [0.15, 0.2) is 0 Å². The molecular weight excluding hydrogens is 304 g/mol. The first-order valence-corrected chi connectivity index (χ1v) is 8.76. The highest BCUT2D eigenvalue weighted by Crippen LogP contribution is 2.35. The second kappa shape index (κ2) is 6.63. The average Bonchev–Trinajstić information content (AvgIpc) is 3.09. The number of hydrogen-bond acceptors (Lipinski definition) is 5. The van der Waals surface area contributed by atoms with Crippen LogP contribution in [0.25, 0.3) is 5.69 Å². The Morgan fingerprint density at radius 1 is 1.21 bits per heavy atom. The van der Waals surface area contributed by atoms with E-state index < -0.39 is 0 Å². The molecule has 6 heteroatoms. The van der Waals surface area contributed by atoms with Gasteiger partial charge in [-0.1, -0.05) is 23.4 Å². The molecule has 2 fully saturated rings. The molecule has 1 aromatic heterocycles. The van der Waals surface area contributed by atoms with Crippen molar-refractivity contribution in [1.29, 1.82) is 0 Å². The molecule has 24 heavy (non-hydrogen) atoms. The third-order valence-corrected chi connectivity index (χ3v) is 5.27. The van der Waals surface area contributed by atoms with E-state index in [0.717, 1.165) is 63.3 Å². The predicted octanol–water partition coefficient (Wildman–Crippen LogP) is 1.77. The van der Waals surface area contributed by atoms with Gasteiger partial charge in [-0.3, -0.25) is 4.90 Å². The van der Waals surface area contributed by atoms with Crippen LogP contribution in [0.4, 0.5) is 0 Å². The number of aliphatic hydroxyl groups excluding tert-OH is 1. The number of hydrogen-bond donors (Lipinski definition) is 1. The highest BCUT2D eigenvalue weighted by molar-refractivity contribution is 5.29. The van der Waals surface area contributed by atoms with Gasteiger partial charge in [0.25, 0.3) is 0 Å². The summed E-state index contributed by atoms with van der Waals surface area (Å²) in [6, 6.07) is 10.0. The quantitative estimate of drug-likeness (QED) is 0.930. The fraction of sp³-hybridized carbons (Fsp3) is 0.556. The lowest BCUT2D eigenvalue weighted by Gasteiger charge is -2.46. The van der Waals surface area contributed by atoms with Crippen LogP contribution in [0.1, 0.15) is 31.4 Å². The lowest BCUT2D eigenvalue weighted by Crippen LogP contribution is -2.55. The first-order valence-electron chi connectivity index (χ1n) is 8.76. The van der Waals surface area contributed by atoms with Gasteiger partial charge < -0.3 is 9.84 Å². The second-order valence-corrected chi connectivity index (χ2v) is 6.84. The van der Waals surface area contributed by atoms with Crippen molar-refractivity contribution < 1.29 is 9.84 Å². The zero-order valence-electron chi connectivity index (χ0n) is 13.8. The Morgan fingerprint density at radius 2 is 2.00 bits per heavy atom.